The average molecular weight is 297 g/mol. The van der Waals surface area contributed by atoms with Crippen LogP contribution in [-0.4, -0.2) is 23.4 Å². The van der Waals surface area contributed by atoms with Crippen LogP contribution in [0.3, 0.4) is 0 Å². The summed E-state index contributed by atoms with van der Waals surface area (Å²) in [6.07, 6.45) is 3.74. The second kappa shape index (κ2) is 8.39. The summed E-state index contributed by atoms with van der Waals surface area (Å²) < 4.78 is 0. The minimum Gasteiger partial charge on any atom is -0.297 e. The number of nitrogen functional groups attached to an aromatic ring is 1. The van der Waals surface area contributed by atoms with Crippen LogP contribution in [0.15, 0.2) is 6.07 Å². The van der Waals surface area contributed by atoms with E-state index in [2.05, 4.69) is 38.0 Å². The van der Waals surface area contributed by atoms with E-state index >= 15 is 0 Å². The fourth-order valence-corrected chi connectivity index (χ4v) is 3.10. The van der Waals surface area contributed by atoms with Crippen molar-refractivity contribution >= 4 is 17.2 Å². The van der Waals surface area contributed by atoms with Crippen LogP contribution in [0.25, 0.3) is 0 Å². The molecule has 5 heteroatoms. The monoisotopic (exact) mass is 297 g/mol. The first-order valence-electron chi connectivity index (χ1n) is 7.33. The number of nitrogens with one attached hydrogen (secondary N) is 1. The maximum atomic E-state index is 11.6. The van der Waals surface area contributed by atoms with E-state index in [-0.39, 0.29) is 5.91 Å². The first-order valence-corrected chi connectivity index (χ1v) is 8.15. The van der Waals surface area contributed by atoms with Crippen molar-refractivity contribution in [3.05, 3.63) is 21.4 Å². The van der Waals surface area contributed by atoms with Crippen LogP contribution < -0.4 is 11.3 Å². The van der Waals surface area contributed by atoms with Crippen molar-refractivity contribution < 1.29 is 4.79 Å². The molecule has 0 spiro atoms. The van der Waals surface area contributed by atoms with Gasteiger partial charge in [0.2, 0.25) is 0 Å². The third-order valence-corrected chi connectivity index (χ3v) is 4.62. The number of hydrazine groups is 1. The highest BCUT2D eigenvalue weighted by Crippen LogP contribution is 2.23. The largest absolute Gasteiger partial charge is 0.297 e. The molecule has 0 radical (unpaired) electrons. The summed E-state index contributed by atoms with van der Waals surface area (Å²) >= 11 is 1.51. The molecular weight excluding hydrogens is 270 g/mol. The normalized spacial score (nSPS) is 11.3. The number of thiophene rings is 1. The lowest BCUT2D eigenvalue weighted by Gasteiger charge is -2.26. The highest BCUT2D eigenvalue weighted by molar-refractivity contribution is 7.14. The standard InChI is InChI=1S/C15H27N3OS/c1-5-6-7-8-18(11(2)3)10-13-9-14(15(19)17-16)20-12(13)4/h9,11H,5-8,10,16H2,1-4H3,(H,17,19). The van der Waals surface area contributed by atoms with Gasteiger partial charge in [-0.25, -0.2) is 5.84 Å². The summed E-state index contributed by atoms with van der Waals surface area (Å²) in [6, 6.07) is 2.48. The van der Waals surface area contributed by atoms with E-state index in [9.17, 15) is 4.79 Å². The van der Waals surface area contributed by atoms with Gasteiger partial charge in [-0.3, -0.25) is 15.1 Å². The first kappa shape index (κ1) is 17.1. The van der Waals surface area contributed by atoms with E-state index in [1.165, 1.54) is 41.0 Å². The lowest BCUT2D eigenvalue weighted by molar-refractivity contribution is 0.0957. The molecule has 0 aliphatic rings. The Kier molecular flexibility index (Phi) is 7.19. The van der Waals surface area contributed by atoms with Crippen LogP contribution in [-0.2, 0) is 6.54 Å². The molecule has 0 bridgehead atoms. The Morgan fingerprint density at radius 3 is 2.70 bits per heavy atom. The van der Waals surface area contributed by atoms with E-state index in [0.717, 1.165) is 13.1 Å². The Labute approximate surface area is 126 Å². The number of nitrogens with zero attached hydrogens (tertiary/aromatic N) is 1. The van der Waals surface area contributed by atoms with Gasteiger partial charge in [0.25, 0.3) is 5.91 Å². The Bertz CT molecular complexity index is 429. The van der Waals surface area contributed by atoms with Crippen LogP contribution in [0, 0.1) is 6.92 Å². The van der Waals surface area contributed by atoms with Crippen LogP contribution >= 0.6 is 11.3 Å². The molecule has 1 aromatic rings. The smallest absolute Gasteiger partial charge is 0.275 e. The topological polar surface area (TPSA) is 58.4 Å². The number of carbonyl (C=O) groups is 1. The van der Waals surface area contributed by atoms with E-state index in [4.69, 9.17) is 5.84 Å². The lowest BCUT2D eigenvalue weighted by Crippen LogP contribution is -2.31. The van der Waals surface area contributed by atoms with Gasteiger partial charge in [-0.15, -0.1) is 11.3 Å². The number of carbonyl (C=O) groups excluding carboxylic acids is 1. The van der Waals surface area contributed by atoms with Gasteiger partial charge in [0, 0.05) is 17.5 Å². The molecule has 1 aromatic heterocycles. The average Bonchev–Trinajstić information content (AvgIpc) is 2.78. The molecule has 4 nitrogen and oxygen atoms in total. The fourth-order valence-electron chi connectivity index (χ4n) is 2.16. The zero-order valence-corrected chi connectivity index (χ0v) is 13.8. The molecule has 1 rings (SSSR count). The molecule has 1 heterocycles. The van der Waals surface area contributed by atoms with Crippen molar-refractivity contribution in [1.29, 1.82) is 0 Å². The zero-order chi connectivity index (χ0) is 15.1. The molecule has 0 atom stereocenters. The summed E-state index contributed by atoms with van der Waals surface area (Å²) in [4.78, 5) is 15.9. The molecule has 0 aliphatic carbocycles. The van der Waals surface area contributed by atoms with Gasteiger partial charge in [0.1, 0.15) is 0 Å². The molecule has 0 aromatic carbocycles. The van der Waals surface area contributed by atoms with Crippen molar-refractivity contribution in [2.24, 2.45) is 5.84 Å². The highest BCUT2D eigenvalue weighted by atomic mass is 32.1. The maximum Gasteiger partial charge on any atom is 0.275 e. The quantitative estimate of drug-likeness (QED) is 0.335. The Morgan fingerprint density at radius 1 is 1.45 bits per heavy atom. The Balaban J connectivity index is 2.72. The summed E-state index contributed by atoms with van der Waals surface area (Å²) in [5.74, 6) is 4.99. The Hall–Kier alpha value is -0.910. The summed E-state index contributed by atoms with van der Waals surface area (Å²) in [7, 11) is 0. The molecule has 0 unspecified atom stereocenters. The third-order valence-electron chi connectivity index (χ3n) is 3.53. The predicted octanol–water partition coefficient (Wildman–Crippen LogP) is 3.06. The van der Waals surface area contributed by atoms with Crippen LogP contribution in [0.2, 0.25) is 0 Å². The van der Waals surface area contributed by atoms with Crippen molar-refractivity contribution in [2.45, 2.75) is 59.5 Å². The van der Waals surface area contributed by atoms with E-state index in [0.29, 0.717) is 10.9 Å². The predicted molar refractivity (Wildman–Crippen MR) is 85.8 cm³/mol. The van der Waals surface area contributed by atoms with Gasteiger partial charge in [-0.05, 0) is 45.4 Å². The highest BCUT2D eigenvalue weighted by Gasteiger charge is 2.15. The number of unbranched alkanes of at least 4 members (excludes halogenated alkanes) is 2. The summed E-state index contributed by atoms with van der Waals surface area (Å²) in [5, 5.41) is 0. The number of hydrogen-bond donors (Lipinski definition) is 2. The van der Waals surface area contributed by atoms with Crippen molar-refractivity contribution in [1.82, 2.24) is 10.3 Å². The van der Waals surface area contributed by atoms with Crippen molar-refractivity contribution in [3.8, 4) is 0 Å². The molecular formula is C15H27N3OS. The van der Waals surface area contributed by atoms with Crippen LogP contribution in [0.4, 0.5) is 0 Å². The summed E-state index contributed by atoms with van der Waals surface area (Å²) in [6.45, 7) is 10.8. The number of rotatable bonds is 8. The van der Waals surface area contributed by atoms with Crippen molar-refractivity contribution in [2.75, 3.05) is 6.54 Å². The van der Waals surface area contributed by atoms with Gasteiger partial charge >= 0.3 is 0 Å². The molecule has 114 valence electrons. The van der Waals surface area contributed by atoms with Crippen LogP contribution in [0.1, 0.15) is 60.1 Å². The molecule has 0 aliphatic heterocycles. The van der Waals surface area contributed by atoms with Gasteiger partial charge in [-0.2, -0.15) is 0 Å². The van der Waals surface area contributed by atoms with Gasteiger partial charge < -0.3 is 0 Å². The third kappa shape index (κ3) is 4.89. The fraction of sp³-hybridized carbons (Fsp3) is 0.667. The minimum absolute atomic E-state index is 0.202. The minimum atomic E-state index is -0.202. The molecule has 20 heavy (non-hydrogen) atoms. The van der Waals surface area contributed by atoms with Gasteiger partial charge in [0.15, 0.2) is 0 Å². The number of hydrogen-bond acceptors (Lipinski definition) is 4. The lowest BCUT2D eigenvalue weighted by atomic mass is 10.1. The molecule has 0 saturated carbocycles. The SMILES string of the molecule is CCCCCN(Cc1cc(C(=O)NN)sc1C)C(C)C. The second-order valence-electron chi connectivity index (χ2n) is 5.44. The van der Waals surface area contributed by atoms with E-state index in [1.807, 2.05) is 6.07 Å². The molecule has 0 fully saturated rings. The van der Waals surface area contributed by atoms with E-state index in [1.54, 1.807) is 0 Å². The molecule has 3 N–H and O–H groups in total. The summed E-state index contributed by atoms with van der Waals surface area (Å²) in [5.41, 5.74) is 3.43. The van der Waals surface area contributed by atoms with E-state index < -0.39 is 0 Å². The number of aryl methyl sites for hydroxylation is 1. The first-order chi connectivity index (χ1) is 9.49. The molecule has 1 amide bonds. The zero-order valence-electron chi connectivity index (χ0n) is 13.0. The Morgan fingerprint density at radius 2 is 2.15 bits per heavy atom. The molecule has 0 saturated heterocycles. The van der Waals surface area contributed by atoms with Crippen LogP contribution in [0.5, 0.6) is 0 Å². The number of amides is 1. The van der Waals surface area contributed by atoms with Gasteiger partial charge in [-0.1, -0.05) is 19.8 Å². The van der Waals surface area contributed by atoms with Crippen molar-refractivity contribution in [3.63, 3.8) is 0 Å². The maximum absolute atomic E-state index is 11.6. The van der Waals surface area contributed by atoms with Gasteiger partial charge in [0.05, 0.1) is 4.88 Å². The second-order valence-corrected chi connectivity index (χ2v) is 6.69. The number of nitrogens with two attached hydrogens (primary N) is 1.